The van der Waals surface area contributed by atoms with E-state index in [1.54, 1.807) is 37.6 Å². The monoisotopic (exact) mass is 672 g/mol. The van der Waals surface area contributed by atoms with Crippen LogP contribution in [0.15, 0.2) is 29.6 Å². The third-order valence-corrected chi connectivity index (χ3v) is 9.72. The molecule has 1 saturated heterocycles. The fraction of sp³-hybridized carbons (Fsp3) is 0.657. The predicted molar refractivity (Wildman–Crippen MR) is 181 cm³/mol. The Labute approximate surface area is 283 Å². The topological polar surface area (TPSA) is 128 Å². The van der Waals surface area contributed by atoms with Crippen LogP contribution in [-0.2, 0) is 23.8 Å². The van der Waals surface area contributed by atoms with Crippen LogP contribution in [0.25, 0.3) is 0 Å². The van der Waals surface area contributed by atoms with Crippen LogP contribution in [0.2, 0.25) is 0 Å². The maximum Gasteiger partial charge on any atom is 0.246 e. The number of ether oxygens (including phenoxy) is 4. The normalized spacial score (nSPS) is 18.2. The number of likely N-dealkylation sites (tertiary alicyclic amines) is 1. The van der Waals surface area contributed by atoms with Gasteiger partial charge in [0, 0.05) is 24.1 Å². The van der Waals surface area contributed by atoms with Gasteiger partial charge in [-0.1, -0.05) is 38.3 Å². The number of carbonyl (C=O) groups is 3. The van der Waals surface area contributed by atoms with Crippen LogP contribution in [0.3, 0.4) is 0 Å². The van der Waals surface area contributed by atoms with E-state index in [1.165, 1.54) is 11.3 Å². The van der Waals surface area contributed by atoms with Crippen molar-refractivity contribution in [1.29, 1.82) is 0 Å². The summed E-state index contributed by atoms with van der Waals surface area (Å²) < 4.78 is 22.2. The summed E-state index contributed by atoms with van der Waals surface area (Å²) in [7, 11) is 1.74. The van der Waals surface area contributed by atoms with Gasteiger partial charge in [0.25, 0.3) is 0 Å². The number of hydrogen-bond donors (Lipinski definition) is 2. The van der Waals surface area contributed by atoms with Crippen LogP contribution in [0, 0.1) is 5.92 Å². The Morgan fingerprint density at radius 3 is 2.36 bits per heavy atom. The molecule has 2 amide bonds. The molecule has 11 nitrogen and oxygen atoms in total. The van der Waals surface area contributed by atoms with Crippen molar-refractivity contribution in [3.05, 3.63) is 45.9 Å². The standard InChI is InChI=1S/C35H52N4O7S/c1-4-16-43-17-18-44-19-20-45-21-22-46-28-13-8-12-27(23-28)32(40)29-24-47-34(37-29)30-14-9-15-39(30)35(42)31(26-10-6-5-7-11-26)38-33(41)25(2)36-3/h8,12-13,23-26,30-31,36H,4-7,9-11,14-22H2,1-3H3,(H,38,41)/t25-,30-,31-/m0/s1. The minimum Gasteiger partial charge on any atom is -0.491 e. The van der Waals surface area contributed by atoms with Crippen molar-refractivity contribution in [2.75, 3.05) is 59.8 Å². The molecule has 1 aliphatic carbocycles. The maximum atomic E-state index is 14.1. The molecular weight excluding hydrogens is 620 g/mol. The van der Waals surface area contributed by atoms with Crippen molar-refractivity contribution >= 4 is 28.9 Å². The average Bonchev–Trinajstić information content (AvgIpc) is 3.80. The molecule has 0 bridgehead atoms. The van der Waals surface area contributed by atoms with Gasteiger partial charge in [-0.25, -0.2) is 4.98 Å². The molecule has 0 spiro atoms. The number of amides is 2. The molecule has 1 saturated carbocycles. The first-order valence-corrected chi connectivity index (χ1v) is 18.0. The number of nitrogens with one attached hydrogen (secondary N) is 2. The average molecular weight is 673 g/mol. The van der Waals surface area contributed by atoms with E-state index < -0.39 is 6.04 Å². The molecule has 1 aromatic carbocycles. The van der Waals surface area contributed by atoms with Gasteiger partial charge in [0.2, 0.25) is 17.6 Å². The lowest BCUT2D eigenvalue weighted by Crippen LogP contribution is -2.55. The van der Waals surface area contributed by atoms with E-state index in [4.69, 9.17) is 23.9 Å². The Bertz CT molecular complexity index is 1270. The van der Waals surface area contributed by atoms with Crippen LogP contribution in [-0.4, -0.2) is 99.4 Å². The first-order valence-electron chi connectivity index (χ1n) is 17.2. The van der Waals surface area contributed by atoms with Gasteiger partial charge in [-0.15, -0.1) is 11.3 Å². The fourth-order valence-electron chi connectivity index (χ4n) is 6.05. The van der Waals surface area contributed by atoms with Gasteiger partial charge >= 0.3 is 0 Å². The number of nitrogens with zero attached hydrogens (tertiary/aromatic N) is 2. The molecule has 0 radical (unpaired) electrons. The van der Waals surface area contributed by atoms with Gasteiger partial charge in [-0.3, -0.25) is 14.4 Å². The van der Waals surface area contributed by atoms with Crippen molar-refractivity contribution < 1.29 is 33.3 Å². The molecule has 0 unspecified atom stereocenters. The number of hydrogen-bond acceptors (Lipinski definition) is 10. The van der Waals surface area contributed by atoms with Gasteiger partial charge in [-0.05, 0) is 64.1 Å². The largest absolute Gasteiger partial charge is 0.491 e. The van der Waals surface area contributed by atoms with E-state index >= 15 is 0 Å². The second-order valence-electron chi connectivity index (χ2n) is 12.2. The molecule has 1 aromatic heterocycles. The Morgan fingerprint density at radius 1 is 0.957 bits per heavy atom. The Balaban J connectivity index is 1.31. The van der Waals surface area contributed by atoms with Crippen LogP contribution < -0.4 is 15.4 Å². The van der Waals surface area contributed by atoms with E-state index in [2.05, 4.69) is 17.6 Å². The lowest BCUT2D eigenvalue weighted by molar-refractivity contribution is -0.139. The summed E-state index contributed by atoms with van der Waals surface area (Å²) in [5.41, 5.74) is 0.835. The van der Waals surface area contributed by atoms with Crippen molar-refractivity contribution in [2.24, 2.45) is 5.92 Å². The SMILES string of the molecule is CCCOCCOCCOCCOc1cccc(C(=O)c2csc([C@@H]3CCCN3C(=O)[C@@H](NC(=O)[C@H](C)NC)C3CCCCC3)n2)c1. The molecule has 2 aromatic rings. The van der Waals surface area contributed by atoms with Crippen LogP contribution in [0.5, 0.6) is 5.75 Å². The first kappa shape index (κ1) is 36.9. The third-order valence-electron chi connectivity index (χ3n) is 8.77. The van der Waals surface area contributed by atoms with Crippen molar-refractivity contribution in [3.63, 3.8) is 0 Å². The summed E-state index contributed by atoms with van der Waals surface area (Å²) in [6.45, 7) is 8.08. The van der Waals surface area contributed by atoms with E-state index in [9.17, 15) is 14.4 Å². The summed E-state index contributed by atoms with van der Waals surface area (Å²) in [5.74, 6) is 0.294. The van der Waals surface area contributed by atoms with Gasteiger partial charge in [0.05, 0.1) is 45.1 Å². The summed E-state index contributed by atoms with van der Waals surface area (Å²) in [6, 6.07) is 5.90. The molecule has 47 heavy (non-hydrogen) atoms. The lowest BCUT2D eigenvalue weighted by Gasteiger charge is -2.35. The van der Waals surface area contributed by atoms with E-state index in [1.807, 2.05) is 11.0 Å². The number of likely N-dealkylation sites (N-methyl/N-ethyl adjacent to an activating group) is 1. The zero-order valence-corrected chi connectivity index (χ0v) is 29.0. The number of ketones is 1. The first-order chi connectivity index (χ1) is 22.9. The lowest BCUT2D eigenvalue weighted by atomic mass is 9.83. The van der Waals surface area contributed by atoms with E-state index in [0.29, 0.717) is 63.2 Å². The molecule has 1 aliphatic heterocycles. The predicted octanol–water partition coefficient (Wildman–Crippen LogP) is 4.55. The number of carbonyl (C=O) groups excluding carboxylic acids is 3. The minimum absolute atomic E-state index is 0.0440. The van der Waals surface area contributed by atoms with Crippen LogP contribution in [0.1, 0.15) is 92.3 Å². The van der Waals surface area contributed by atoms with E-state index in [0.717, 1.165) is 63.0 Å². The zero-order valence-electron chi connectivity index (χ0n) is 28.2. The van der Waals surface area contributed by atoms with Gasteiger partial charge in [-0.2, -0.15) is 0 Å². The molecule has 4 rings (SSSR count). The molecule has 2 fully saturated rings. The van der Waals surface area contributed by atoms with Gasteiger partial charge < -0.3 is 34.5 Å². The molecule has 2 heterocycles. The highest BCUT2D eigenvalue weighted by molar-refractivity contribution is 7.10. The Hall–Kier alpha value is -2.90. The van der Waals surface area contributed by atoms with Gasteiger partial charge in [0.15, 0.2) is 0 Å². The number of aromatic nitrogens is 1. The van der Waals surface area contributed by atoms with Crippen molar-refractivity contribution in [3.8, 4) is 5.75 Å². The highest BCUT2D eigenvalue weighted by Gasteiger charge is 2.40. The second-order valence-corrected chi connectivity index (χ2v) is 13.1. The molecule has 12 heteroatoms. The van der Waals surface area contributed by atoms with E-state index in [-0.39, 0.29) is 35.6 Å². The Kier molecular flexibility index (Phi) is 15.6. The van der Waals surface area contributed by atoms with Crippen LogP contribution in [0.4, 0.5) is 0 Å². The fourth-order valence-corrected chi connectivity index (χ4v) is 6.99. The van der Waals surface area contributed by atoms with Crippen molar-refractivity contribution in [1.82, 2.24) is 20.5 Å². The number of benzene rings is 1. The van der Waals surface area contributed by atoms with Gasteiger partial charge in [0.1, 0.15) is 29.1 Å². The number of rotatable bonds is 20. The Morgan fingerprint density at radius 2 is 1.66 bits per heavy atom. The molecular formula is C35H52N4O7S. The summed E-state index contributed by atoms with van der Waals surface area (Å²) in [4.78, 5) is 47.0. The molecule has 2 aliphatic rings. The summed E-state index contributed by atoms with van der Waals surface area (Å²) in [5, 5.41) is 8.57. The second kappa shape index (κ2) is 19.8. The minimum atomic E-state index is -0.558. The zero-order chi connectivity index (χ0) is 33.4. The summed E-state index contributed by atoms with van der Waals surface area (Å²) >= 11 is 1.41. The maximum absolute atomic E-state index is 14.1. The number of thiazole rings is 1. The molecule has 260 valence electrons. The highest BCUT2D eigenvalue weighted by Crippen LogP contribution is 2.36. The third kappa shape index (κ3) is 11.1. The molecule has 2 N–H and O–H groups in total. The smallest absolute Gasteiger partial charge is 0.246 e. The highest BCUT2D eigenvalue weighted by atomic mass is 32.1. The quantitative estimate of drug-likeness (QED) is 0.154. The summed E-state index contributed by atoms with van der Waals surface area (Å²) in [6.07, 6.45) is 7.78. The van der Waals surface area contributed by atoms with Crippen LogP contribution >= 0.6 is 11.3 Å². The van der Waals surface area contributed by atoms with Crippen molar-refractivity contribution in [2.45, 2.75) is 83.3 Å². The molecule has 3 atom stereocenters.